The van der Waals surface area contributed by atoms with Crippen LogP contribution in [0.4, 0.5) is 0 Å². The van der Waals surface area contributed by atoms with Gasteiger partial charge in [0.1, 0.15) is 0 Å². The van der Waals surface area contributed by atoms with Crippen molar-refractivity contribution in [2.75, 3.05) is 13.7 Å². The minimum atomic E-state index is 0.0168. The normalized spacial score (nSPS) is 17.7. The number of benzene rings is 1. The highest BCUT2D eigenvalue weighted by Crippen LogP contribution is 2.48. The molecule has 15 heavy (non-hydrogen) atoms. The van der Waals surface area contributed by atoms with Crippen molar-refractivity contribution < 1.29 is 9.57 Å². The van der Waals surface area contributed by atoms with Gasteiger partial charge in [-0.1, -0.05) is 24.3 Å². The molecule has 0 amide bonds. The van der Waals surface area contributed by atoms with Crippen molar-refractivity contribution in [2.24, 2.45) is 5.90 Å². The first-order chi connectivity index (χ1) is 7.30. The molecule has 3 heteroatoms. The third-order valence-corrected chi connectivity index (χ3v) is 3.08. The van der Waals surface area contributed by atoms with Gasteiger partial charge in [0.05, 0.1) is 12.2 Å². The van der Waals surface area contributed by atoms with Crippen LogP contribution < -0.4 is 5.90 Å². The Balaban J connectivity index is 2.04. The lowest BCUT2D eigenvalue weighted by Crippen LogP contribution is -2.09. The zero-order valence-electron chi connectivity index (χ0n) is 9.03. The summed E-state index contributed by atoms with van der Waals surface area (Å²) in [5.74, 6) is 4.99. The van der Waals surface area contributed by atoms with Gasteiger partial charge < -0.3 is 9.57 Å². The lowest BCUT2D eigenvalue weighted by molar-refractivity contribution is 0.0789. The van der Waals surface area contributed by atoms with Crippen molar-refractivity contribution in [2.45, 2.75) is 24.9 Å². The summed E-state index contributed by atoms with van der Waals surface area (Å²) >= 11 is 0. The first-order valence-corrected chi connectivity index (χ1v) is 5.27. The predicted molar refractivity (Wildman–Crippen MR) is 58.2 cm³/mol. The molecule has 0 unspecified atom stereocenters. The molecule has 0 atom stereocenters. The topological polar surface area (TPSA) is 44.5 Å². The summed E-state index contributed by atoms with van der Waals surface area (Å²) in [6.45, 7) is 0.564. The van der Waals surface area contributed by atoms with Gasteiger partial charge in [-0.15, -0.1) is 0 Å². The van der Waals surface area contributed by atoms with E-state index in [0.29, 0.717) is 6.61 Å². The maximum Gasteiger partial charge on any atom is 0.0929 e. The second-order valence-electron chi connectivity index (χ2n) is 4.02. The van der Waals surface area contributed by atoms with Crippen molar-refractivity contribution in [3.05, 3.63) is 35.4 Å². The number of rotatable bonds is 5. The molecule has 0 aliphatic heterocycles. The van der Waals surface area contributed by atoms with Crippen molar-refractivity contribution >= 4 is 0 Å². The molecule has 1 aliphatic rings. The lowest BCUT2D eigenvalue weighted by Gasteiger charge is -2.13. The Bertz CT molecular complexity index is 317. The molecule has 0 radical (unpaired) electrons. The molecule has 82 valence electrons. The highest BCUT2D eigenvalue weighted by Gasteiger charge is 2.44. The van der Waals surface area contributed by atoms with Gasteiger partial charge in [0.25, 0.3) is 0 Å². The van der Waals surface area contributed by atoms with E-state index in [1.165, 1.54) is 11.1 Å². The summed E-state index contributed by atoms with van der Waals surface area (Å²) in [6, 6.07) is 8.52. The van der Waals surface area contributed by atoms with Gasteiger partial charge in [-0.05, 0) is 30.4 Å². The molecular weight excluding hydrogens is 190 g/mol. The van der Waals surface area contributed by atoms with E-state index < -0.39 is 0 Å². The Labute approximate surface area is 90.1 Å². The second kappa shape index (κ2) is 4.31. The second-order valence-corrected chi connectivity index (χ2v) is 4.02. The molecule has 0 spiro atoms. The third-order valence-electron chi connectivity index (χ3n) is 3.08. The van der Waals surface area contributed by atoms with Crippen molar-refractivity contribution in [1.82, 2.24) is 0 Å². The van der Waals surface area contributed by atoms with Crippen LogP contribution in [0.25, 0.3) is 0 Å². The molecule has 1 aliphatic carbocycles. The molecule has 0 heterocycles. The predicted octanol–water partition coefficient (Wildman–Crippen LogP) is 1.75. The Hall–Kier alpha value is -0.900. The van der Waals surface area contributed by atoms with E-state index in [4.69, 9.17) is 10.6 Å². The summed E-state index contributed by atoms with van der Waals surface area (Å²) < 4.78 is 5.51. The Kier molecular flexibility index (Phi) is 3.05. The standard InChI is InChI=1S/C12H17NO2/c1-14-12(7-8-12)11-4-2-10(3-5-11)6-9-15-13/h2-5H,6-9,13H2,1H3. The molecule has 1 aromatic carbocycles. The largest absolute Gasteiger partial charge is 0.374 e. The Morgan fingerprint density at radius 1 is 1.27 bits per heavy atom. The average molecular weight is 207 g/mol. The molecule has 1 aromatic rings. The molecule has 3 nitrogen and oxygen atoms in total. The number of hydrogen-bond donors (Lipinski definition) is 1. The van der Waals surface area contributed by atoms with Crippen LogP contribution in [0, 0.1) is 0 Å². The van der Waals surface area contributed by atoms with Gasteiger partial charge in [0.2, 0.25) is 0 Å². The van der Waals surface area contributed by atoms with Crippen LogP contribution in [-0.2, 0) is 21.6 Å². The molecule has 2 N–H and O–H groups in total. The maximum absolute atomic E-state index is 5.51. The lowest BCUT2D eigenvalue weighted by atomic mass is 10.0. The number of ether oxygens (including phenoxy) is 1. The van der Waals surface area contributed by atoms with E-state index in [2.05, 4.69) is 29.1 Å². The van der Waals surface area contributed by atoms with E-state index in [1.54, 1.807) is 7.11 Å². The van der Waals surface area contributed by atoms with Gasteiger partial charge in [-0.25, -0.2) is 5.90 Å². The minimum Gasteiger partial charge on any atom is -0.374 e. The van der Waals surface area contributed by atoms with Crippen molar-refractivity contribution in [1.29, 1.82) is 0 Å². The molecule has 0 aromatic heterocycles. The Morgan fingerprint density at radius 2 is 1.93 bits per heavy atom. The number of nitrogens with two attached hydrogens (primary N) is 1. The summed E-state index contributed by atoms with van der Waals surface area (Å²) in [6.07, 6.45) is 3.13. The number of methoxy groups -OCH3 is 1. The van der Waals surface area contributed by atoms with Gasteiger partial charge in [0.15, 0.2) is 0 Å². The fraction of sp³-hybridized carbons (Fsp3) is 0.500. The molecule has 1 fully saturated rings. The molecule has 1 saturated carbocycles. The first kappa shape index (κ1) is 10.6. The van der Waals surface area contributed by atoms with E-state index in [0.717, 1.165) is 19.3 Å². The van der Waals surface area contributed by atoms with Gasteiger partial charge in [-0.2, -0.15) is 0 Å². The quantitative estimate of drug-likeness (QED) is 0.748. The van der Waals surface area contributed by atoms with Crippen LogP contribution in [-0.4, -0.2) is 13.7 Å². The molecule has 2 rings (SSSR count). The zero-order valence-corrected chi connectivity index (χ0v) is 9.03. The van der Waals surface area contributed by atoms with Crippen molar-refractivity contribution in [3.63, 3.8) is 0 Å². The van der Waals surface area contributed by atoms with E-state index >= 15 is 0 Å². The van der Waals surface area contributed by atoms with Crippen LogP contribution >= 0.6 is 0 Å². The fourth-order valence-corrected chi connectivity index (χ4v) is 1.88. The maximum atomic E-state index is 5.51. The van der Waals surface area contributed by atoms with Crippen LogP contribution in [0.5, 0.6) is 0 Å². The molecule has 0 saturated heterocycles. The SMILES string of the molecule is COC1(c2ccc(CCON)cc2)CC1. The number of hydrogen-bond acceptors (Lipinski definition) is 3. The molecule has 0 bridgehead atoms. The van der Waals surface area contributed by atoms with E-state index in [1.807, 2.05) is 0 Å². The summed E-state index contributed by atoms with van der Waals surface area (Å²) in [4.78, 5) is 4.55. The smallest absolute Gasteiger partial charge is 0.0929 e. The summed E-state index contributed by atoms with van der Waals surface area (Å²) in [5, 5.41) is 0. The van der Waals surface area contributed by atoms with Crippen molar-refractivity contribution in [3.8, 4) is 0 Å². The first-order valence-electron chi connectivity index (χ1n) is 5.27. The van der Waals surface area contributed by atoms with Crippen LogP contribution in [0.15, 0.2) is 24.3 Å². The van der Waals surface area contributed by atoms with E-state index in [-0.39, 0.29) is 5.60 Å². The van der Waals surface area contributed by atoms with Crippen LogP contribution in [0.3, 0.4) is 0 Å². The third kappa shape index (κ3) is 2.20. The average Bonchev–Trinajstić information content (AvgIpc) is 3.08. The summed E-state index contributed by atoms with van der Waals surface area (Å²) in [5.41, 5.74) is 2.54. The highest BCUT2D eigenvalue weighted by molar-refractivity contribution is 5.31. The Morgan fingerprint density at radius 3 is 2.40 bits per heavy atom. The van der Waals surface area contributed by atoms with Gasteiger partial charge in [-0.3, -0.25) is 0 Å². The van der Waals surface area contributed by atoms with Gasteiger partial charge >= 0.3 is 0 Å². The highest BCUT2D eigenvalue weighted by atomic mass is 16.6. The monoisotopic (exact) mass is 207 g/mol. The zero-order chi connectivity index (χ0) is 10.7. The fourth-order valence-electron chi connectivity index (χ4n) is 1.88. The summed E-state index contributed by atoms with van der Waals surface area (Å²) in [7, 11) is 1.78. The van der Waals surface area contributed by atoms with E-state index in [9.17, 15) is 0 Å². The molecular formula is C12H17NO2. The van der Waals surface area contributed by atoms with Gasteiger partial charge in [0, 0.05) is 7.11 Å². The van der Waals surface area contributed by atoms with Crippen LogP contribution in [0.1, 0.15) is 24.0 Å². The minimum absolute atomic E-state index is 0.0168. The van der Waals surface area contributed by atoms with Crippen LogP contribution in [0.2, 0.25) is 0 Å².